The van der Waals surface area contributed by atoms with E-state index in [1.165, 1.54) is 12.1 Å². The van der Waals surface area contributed by atoms with E-state index in [1.54, 1.807) is 24.5 Å². The molecular formula is C11H10N4O2. The van der Waals surface area contributed by atoms with Crippen molar-refractivity contribution in [2.24, 2.45) is 0 Å². The molecule has 0 aliphatic rings. The van der Waals surface area contributed by atoms with Crippen LogP contribution in [0.5, 0.6) is 0 Å². The van der Waals surface area contributed by atoms with Gasteiger partial charge in [0.2, 0.25) is 5.95 Å². The molecule has 1 heterocycles. The predicted octanol–water partition coefficient (Wildman–Crippen LogP) is 2.44. The summed E-state index contributed by atoms with van der Waals surface area (Å²) < 4.78 is 0. The van der Waals surface area contributed by atoms with Crippen molar-refractivity contribution in [2.45, 2.75) is 6.92 Å². The first kappa shape index (κ1) is 11.0. The summed E-state index contributed by atoms with van der Waals surface area (Å²) in [7, 11) is 0. The van der Waals surface area contributed by atoms with Crippen molar-refractivity contribution in [1.29, 1.82) is 0 Å². The minimum absolute atomic E-state index is 0.0361. The van der Waals surface area contributed by atoms with Gasteiger partial charge >= 0.3 is 0 Å². The molecule has 2 aromatic rings. The lowest BCUT2D eigenvalue weighted by Crippen LogP contribution is -1.98. The molecule has 0 fully saturated rings. The molecule has 86 valence electrons. The number of anilines is 2. The maximum Gasteiger partial charge on any atom is 0.271 e. The van der Waals surface area contributed by atoms with E-state index in [0.29, 0.717) is 11.6 Å². The van der Waals surface area contributed by atoms with Crippen LogP contribution in [-0.2, 0) is 0 Å². The smallest absolute Gasteiger partial charge is 0.271 e. The van der Waals surface area contributed by atoms with Crippen molar-refractivity contribution in [3.63, 3.8) is 0 Å². The number of rotatable bonds is 3. The fourth-order valence-corrected chi connectivity index (χ4v) is 1.34. The zero-order chi connectivity index (χ0) is 12.3. The Morgan fingerprint density at radius 3 is 2.65 bits per heavy atom. The lowest BCUT2D eigenvalue weighted by atomic mass is 10.2. The molecule has 1 aromatic heterocycles. The van der Waals surface area contributed by atoms with Gasteiger partial charge in [0.15, 0.2) is 0 Å². The molecule has 0 atom stereocenters. The summed E-state index contributed by atoms with van der Waals surface area (Å²) >= 11 is 0. The van der Waals surface area contributed by atoms with Crippen LogP contribution in [0, 0.1) is 17.0 Å². The highest BCUT2D eigenvalue weighted by Gasteiger charge is 2.09. The van der Waals surface area contributed by atoms with E-state index in [2.05, 4.69) is 15.3 Å². The average molecular weight is 230 g/mol. The summed E-state index contributed by atoms with van der Waals surface area (Å²) in [5.41, 5.74) is 1.56. The molecule has 1 N–H and O–H groups in total. The van der Waals surface area contributed by atoms with Gasteiger partial charge in [0.1, 0.15) is 0 Å². The quantitative estimate of drug-likeness (QED) is 0.646. The highest BCUT2D eigenvalue weighted by atomic mass is 16.6. The monoisotopic (exact) mass is 230 g/mol. The van der Waals surface area contributed by atoms with Gasteiger partial charge in [0, 0.05) is 24.5 Å². The molecule has 6 nitrogen and oxygen atoms in total. The van der Waals surface area contributed by atoms with Crippen molar-refractivity contribution < 1.29 is 4.92 Å². The maximum absolute atomic E-state index is 10.7. The second-order valence-corrected chi connectivity index (χ2v) is 3.45. The van der Waals surface area contributed by atoms with Gasteiger partial charge < -0.3 is 5.32 Å². The average Bonchev–Trinajstić information content (AvgIpc) is 2.33. The minimum atomic E-state index is -0.434. The number of aromatic nitrogens is 2. The van der Waals surface area contributed by atoms with Crippen LogP contribution in [0.2, 0.25) is 0 Å². The highest BCUT2D eigenvalue weighted by molar-refractivity contribution is 5.62. The molecule has 0 unspecified atom stereocenters. The Kier molecular flexibility index (Phi) is 2.95. The number of nitrogens with zero attached hydrogens (tertiary/aromatic N) is 3. The second kappa shape index (κ2) is 4.56. The van der Waals surface area contributed by atoms with E-state index in [1.807, 2.05) is 6.92 Å². The zero-order valence-electron chi connectivity index (χ0n) is 9.12. The van der Waals surface area contributed by atoms with Crippen molar-refractivity contribution in [2.75, 3.05) is 5.32 Å². The van der Waals surface area contributed by atoms with Crippen LogP contribution in [0.3, 0.4) is 0 Å². The number of hydrogen-bond donors (Lipinski definition) is 1. The Labute approximate surface area is 97.5 Å². The predicted molar refractivity (Wildman–Crippen MR) is 63.1 cm³/mol. The third-order valence-corrected chi connectivity index (χ3v) is 2.24. The summed E-state index contributed by atoms with van der Waals surface area (Å²) in [5.74, 6) is 0.413. The molecule has 0 spiro atoms. The Balaban J connectivity index is 2.32. The van der Waals surface area contributed by atoms with E-state index in [9.17, 15) is 10.1 Å². The lowest BCUT2D eigenvalue weighted by Gasteiger charge is -2.07. The number of nitrogens with one attached hydrogen (secondary N) is 1. The standard InChI is InChI=1S/C11H10N4O2/c1-8-3-4-9(15(16)17)7-10(8)14-11-12-5-2-6-13-11/h2-7H,1H3,(H,12,13,14). The van der Waals surface area contributed by atoms with E-state index in [4.69, 9.17) is 0 Å². The number of nitro benzene ring substituents is 1. The van der Waals surface area contributed by atoms with Crippen molar-refractivity contribution in [3.8, 4) is 0 Å². The number of aryl methyl sites for hydroxylation is 1. The molecule has 0 saturated heterocycles. The molecule has 0 amide bonds. The third-order valence-electron chi connectivity index (χ3n) is 2.24. The van der Waals surface area contributed by atoms with Gasteiger partial charge in [-0.25, -0.2) is 9.97 Å². The summed E-state index contributed by atoms with van der Waals surface area (Å²) in [5, 5.41) is 13.6. The zero-order valence-corrected chi connectivity index (χ0v) is 9.12. The molecule has 17 heavy (non-hydrogen) atoms. The Morgan fingerprint density at radius 2 is 2.00 bits per heavy atom. The first-order valence-corrected chi connectivity index (χ1v) is 4.96. The maximum atomic E-state index is 10.7. The topological polar surface area (TPSA) is 81.0 Å². The molecule has 0 radical (unpaired) electrons. The summed E-state index contributed by atoms with van der Waals surface area (Å²) in [6, 6.07) is 6.31. The molecule has 2 rings (SSSR count). The van der Waals surface area contributed by atoms with Crippen LogP contribution in [0.4, 0.5) is 17.3 Å². The van der Waals surface area contributed by atoms with Gasteiger partial charge in [-0.2, -0.15) is 0 Å². The molecule has 6 heteroatoms. The second-order valence-electron chi connectivity index (χ2n) is 3.45. The Hall–Kier alpha value is -2.50. The summed E-state index contributed by atoms with van der Waals surface area (Å²) in [6.07, 6.45) is 3.20. The molecular weight excluding hydrogens is 220 g/mol. The SMILES string of the molecule is Cc1ccc([N+](=O)[O-])cc1Nc1ncccn1. The fraction of sp³-hybridized carbons (Fsp3) is 0.0909. The van der Waals surface area contributed by atoms with Gasteiger partial charge in [0.05, 0.1) is 10.6 Å². The Bertz CT molecular complexity index is 542. The van der Waals surface area contributed by atoms with Crippen LogP contribution >= 0.6 is 0 Å². The third kappa shape index (κ3) is 2.54. The van der Waals surface area contributed by atoms with Crippen LogP contribution in [0.1, 0.15) is 5.56 Å². The first-order chi connectivity index (χ1) is 8.16. The van der Waals surface area contributed by atoms with Crippen LogP contribution in [0.25, 0.3) is 0 Å². The van der Waals surface area contributed by atoms with Gasteiger partial charge in [0.25, 0.3) is 5.69 Å². The lowest BCUT2D eigenvalue weighted by molar-refractivity contribution is -0.384. The largest absolute Gasteiger partial charge is 0.324 e. The summed E-state index contributed by atoms with van der Waals surface area (Å²) in [6.45, 7) is 1.86. The molecule has 0 bridgehead atoms. The minimum Gasteiger partial charge on any atom is -0.324 e. The van der Waals surface area contributed by atoms with Gasteiger partial charge in [-0.1, -0.05) is 6.07 Å². The van der Waals surface area contributed by atoms with Gasteiger partial charge in [-0.15, -0.1) is 0 Å². The van der Waals surface area contributed by atoms with E-state index < -0.39 is 4.92 Å². The van der Waals surface area contributed by atoms with E-state index in [0.717, 1.165) is 5.56 Å². The highest BCUT2D eigenvalue weighted by Crippen LogP contribution is 2.23. The molecule has 0 aliphatic carbocycles. The number of hydrogen-bond acceptors (Lipinski definition) is 5. The Morgan fingerprint density at radius 1 is 1.29 bits per heavy atom. The summed E-state index contributed by atoms with van der Waals surface area (Å²) in [4.78, 5) is 18.2. The number of benzene rings is 1. The van der Waals surface area contributed by atoms with Crippen LogP contribution < -0.4 is 5.32 Å². The molecule has 0 saturated carbocycles. The fourth-order valence-electron chi connectivity index (χ4n) is 1.34. The van der Waals surface area contributed by atoms with Crippen molar-refractivity contribution in [3.05, 3.63) is 52.3 Å². The first-order valence-electron chi connectivity index (χ1n) is 4.96. The molecule has 0 aliphatic heterocycles. The van der Waals surface area contributed by atoms with E-state index in [-0.39, 0.29) is 5.69 Å². The van der Waals surface area contributed by atoms with Gasteiger partial charge in [-0.05, 0) is 18.6 Å². The van der Waals surface area contributed by atoms with Crippen molar-refractivity contribution in [1.82, 2.24) is 9.97 Å². The van der Waals surface area contributed by atoms with Gasteiger partial charge in [-0.3, -0.25) is 10.1 Å². The van der Waals surface area contributed by atoms with Crippen LogP contribution in [-0.4, -0.2) is 14.9 Å². The number of nitro groups is 1. The van der Waals surface area contributed by atoms with Crippen molar-refractivity contribution >= 4 is 17.3 Å². The van der Waals surface area contributed by atoms with E-state index >= 15 is 0 Å². The van der Waals surface area contributed by atoms with Crippen LogP contribution in [0.15, 0.2) is 36.7 Å². The molecule has 1 aromatic carbocycles. The number of non-ortho nitro benzene ring substituents is 1. The normalized spacial score (nSPS) is 9.94.